The first kappa shape index (κ1) is 19.8. The molecule has 0 spiro atoms. The number of fused-ring (bicyclic) bond motifs is 4. The van der Waals surface area contributed by atoms with E-state index in [9.17, 15) is 4.79 Å². The van der Waals surface area contributed by atoms with Crippen LogP contribution in [0.2, 0.25) is 5.02 Å². The summed E-state index contributed by atoms with van der Waals surface area (Å²) in [5.74, 6) is 0.728. The number of hydrogen-bond donors (Lipinski definition) is 2. The largest absolute Gasteiger partial charge is 0.345 e. The average Bonchev–Trinajstić information content (AvgIpc) is 3.34. The lowest BCUT2D eigenvalue weighted by molar-refractivity contribution is 0.265. The number of aromatic amines is 1. The van der Waals surface area contributed by atoms with Crippen molar-refractivity contribution in [3.63, 3.8) is 0 Å². The summed E-state index contributed by atoms with van der Waals surface area (Å²) in [6.45, 7) is 0. The van der Waals surface area contributed by atoms with Crippen LogP contribution in [-0.2, 0) is 14.1 Å². The Bertz CT molecular complexity index is 1400. The molecule has 0 unspecified atom stereocenters. The van der Waals surface area contributed by atoms with E-state index in [0.717, 1.165) is 53.7 Å². The lowest BCUT2D eigenvalue weighted by Crippen LogP contribution is -2.57. The van der Waals surface area contributed by atoms with Crippen molar-refractivity contribution in [2.45, 2.75) is 50.2 Å². The van der Waals surface area contributed by atoms with Gasteiger partial charge < -0.3 is 15.6 Å². The Hall–Kier alpha value is -2.84. The smallest absolute Gasteiger partial charge is 0.264 e. The van der Waals surface area contributed by atoms with Crippen LogP contribution in [0.25, 0.3) is 33.1 Å². The lowest BCUT2D eigenvalue weighted by atomic mass is 9.82. The van der Waals surface area contributed by atoms with Gasteiger partial charge >= 0.3 is 0 Å². The van der Waals surface area contributed by atoms with Gasteiger partial charge in [0.1, 0.15) is 5.65 Å². The number of hydrogen-bond acceptors (Lipinski definition) is 5. The minimum atomic E-state index is -0.0726. The fourth-order valence-electron chi connectivity index (χ4n) is 5.73. The Balaban J connectivity index is 1.51. The summed E-state index contributed by atoms with van der Waals surface area (Å²) in [5, 5.41) is 6.42. The molecule has 2 aliphatic rings. The van der Waals surface area contributed by atoms with Crippen molar-refractivity contribution >= 4 is 39.5 Å². The zero-order chi connectivity index (χ0) is 22.1. The van der Waals surface area contributed by atoms with Gasteiger partial charge in [-0.1, -0.05) is 17.7 Å². The molecule has 2 saturated heterocycles. The second kappa shape index (κ2) is 7.08. The van der Waals surface area contributed by atoms with E-state index in [1.807, 2.05) is 38.6 Å². The van der Waals surface area contributed by atoms with E-state index in [4.69, 9.17) is 22.3 Å². The van der Waals surface area contributed by atoms with Gasteiger partial charge in [-0.2, -0.15) is 10.1 Å². The van der Waals surface area contributed by atoms with E-state index in [1.165, 1.54) is 6.42 Å². The molecule has 2 fully saturated rings. The highest BCUT2D eigenvalue weighted by Gasteiger charge is 2.39. The van der Waals surface area contributed by atoms with Crippen LogP contribution < -0.4 is 16.2 Å². The molecule has 8 nitrogen and oxygen atoms in total. The molecule has 5 heterocycles. The Morgan fingerprint density at radius 3 is 2.66 bits per heavy atom. The Morgan fingerprint density at radius 2 is 1.91 bits per heavy atom. The van der Waals surface area contributed by atoms with E-state index < -0.39 is 0 Å². The summed E-state index contributed by atoms with van der Waals surface area (Å²) in [6.07, 6.45) is 9.01. The molecule has 32 heavy (non-hydrogen) atoms. The minimum Gasteiger partial charge on any atom is -0.345 e. The average molecular weight is 452 g/mol. The van der Waals surface area contributed by atoms with E-state index in [1.54, 1.807) is 9.25 Å². The summed E-state index contributed by atoms with van der Waals surface area (Å²) < 4.78 is 3.43. The number of benzene rings is 1. The van der Waals surface area contributed by atoms with Gasteiger partial charge in [-0.05, 0) is 38.2 Å². The van der Waals surface area contributed by atoms with Gasteiger partial charge in [-0.3, -0.25) is 14.0 Å². The predicted molar refractivity (Wildman–Crippen MR) is 127 cm³/mol. The third-order valence-electron chi connectivity index (χ3n) is 7.16. The molecule has 2 bridgehead atoms. The molecule has 0 aliphatic carbocycles. The van der Waals surface area contributed by atoms with Crippen LogP contribution in [0.1, 0.15) is 32.1 Å². The van der Waals surface area contributed by atoms with Crippen LogP contribution in [0.15, 0.2) is 29.3 Å². The SMILES string of the molecule is Cn1cc2c(Cl)c(-c3c[nH]c4nc(N5[C@@H]6CCC[C@H]5C[C@H](N)C6)n(C)c(=O)c34)ccc2n1. The number of rotatable bonds is 2. The van der Waals surface area contributed by atoms with Crippen molar-refractivity contribution in [2.75, 3.05) is 4.90 Å². The Morgan fingerprint density at radius 1 is 1.16 bits per heavy atom. The second-order valence-electron chi connectivity index (χ2n) is 9.24. The second-order valence-corrected chi connectivity index (χ2v) is 9.62. The molecule has 0 radical (unpaired) electrons. The number of nitrogens with two attached hydrogens (primary N) is 1. The summed E-state index contributed by atoms with van der Waals surface area (Å²) in [5.41, 5.74) is 9.21. The number of H-pyrrole nitrogens is 1. The number of aryl methyl sites for hydroxylation is 1. The van der Waals surface area contributed by atoms with Crippen molar-refractivity contribution in [3.05, 3.63) is 39.9 Å². The summed E-state index contributed by atoms with van der Waals surface area (Å²) in [6, 6.07) is 4.75. The van der Waals surface area contributed by atoms with Crippen molar-refractivity contribution in [1.29, 1.82) is 0 Å². The lowest BCUT2D eigenvalue weighted by Gasteiger charge is -2.48. The van der Waals surface area contributed by atoms with Crippen LogP contribution in [0.3, 0.4) is 0 Å². The molecule has 0 saturated carbocycles. The van der Waals surface area contributed by atoms with E-state index >= 15 is 0 Å². The molecule has 0 amide bonds. The highest BCUT2D eigenvalue weighted by Crippen LogP contribution is 2.39. The minimum absolute atomic E-state index is 0.0726. The number of aromatic nitrogens is 5. The molecular formula is C23H26ClN7O. The first-order chi connectivity index (χ1) is 15.4. The molecule has 9 heteroatoms. The van der Waals surface area contributed by atoms with E-state index in [-0.39, 0.29) is 11.6 Å². The maximum absolute atomic E-state index is 13.6. The Labute approximate surface area is 190 Å². The third-order valence-corrected chi connectivity index (χ3v) is 7.57. The first-order valence-corrected chi connectivity index (χ1v) is 11.5. The fraction of sp³-hybridized carbons (Fsp3) is 0.435. The molecule has 3 atom stereocenters. The van der Waals surface area contributed by atoms with E-state index in [0.29, 0.717) is 28.1 Å². The molecule has 4 aromatic rings. The molecule has 3 N–H and O–H groups in total. The molecule has 3 aromatic heterocycles. The van der Waals surface area contributed by atoms with Gasteiger partial charge in [0.05, 0.1) is 15.9 Å². The third kappa shape index (κ3) is 2.82. The van der Waals surface area contributed by atoms with Crippen molar-refractivity contribution in [2.24, 2.45) is 19.8 Å². The van der Waals surface area contributed by atoms with Crippen molar-refractivity contribution in [1.82, 2.24) is 24.3 Å². The van der Waals surface area contributed by atoms with Crippen molar-refractivity contribution in [3.8, 4) is 11.1 Å². The van der Waals surface area contributed by atoms with Crippen LogP contribution >= 0.6 is 11.6 Å². The standard InChI is InChI=1S/C23H26ClN7O/c1-29-11-17-18(28-29)7-6-15(20(17)24)16-10-26-21-19(16)22(32)30(2)23(27-21)31-13-4-3-5-14(31)9-12(25)8-13/h6-7,10-14,26H,3-5,8-9,25H2,1-2H3/t12-,13-,14+. The molecule has 166 valence electrons. The maximum Gasteiger partial charge on any atom is 0.264 e. The van der Waals surface area contributed by atoms with Crippen LogP contribution in [0.5, 0.6) is 0 Å². The van der Waals surface area contributed by atoms with Crippen LogP contribution in [-0.4, -0.2) is 42.4 Å². The number of halogens is 1. The number of nitrogens with one attached hydrogen (secondary N) is 1. The number of piperidine rings is 2. The topological polar surface area (TPSA) is 97.8 Å². The zero-order valence-electron chi connectivity index (χ0n) is 18.2. The monoisotopic (exact) mass is 451 g/mol. The van der Waals surface area contributed by atoms with E-state index in [2.05, 4.69) is 15.0 Å². The Kier molecular flexibility index (Phi) is 4.39. The summed E-state index contributed by atoms with van der Waals surface area (Å²) >= 11 is 6.75. The van der Waals surface area contributed by atoms with Crippen LogP contribution in [0, 0.1) is 0 Å². The van der Waals surface area contributed by atoms with Crippen molar-refractivity contribution < 1.29 is 0 Å². The quantitative estimate of drug-likeness (QED) is 0.487. The maximum atomic E-state index is 13.6. The van der Waals surface area contributed by atoms with Gasteiger partial charge in [-0.15, -0.1) is 0 Å². The van der Waals surface area contributed by atoms with Crippen LogP contribution in [0.4, 0.5) is 5.95 Å². The zero-order valence-corrected chi connectivity index (χ0v) is 18.9. The highest BCUT2D eigenvalue weighted by molar-refractivity contribution is 6.38. The van der Waals surface area contributed by atoms with Gasteiger partial charge in [0, 0.05) is 61.1 Å². The molecule has 2 aliphatic heterocycles. The highest BCUT2D eigenvalue weighted by atomic mass is 35.5. The first-order valence-electron chi connectivity index (χ1n) is 11.2. The number of nitrogens with zero attached hydrogens (tertiary/aromatic N) is 5. The molecule has 6 rings (SSSR count). The predicted octanol–water partition coefficient (Wildman–Crippen LogP) is 3.32. The molecule has 1 aromatic carbocycles. The summed E-state index contributed by atoms with van der Waals surface area (Å²) in [7, 11) is 3.68. The fourth-order valence-corrected chi connectivity index (χ4v) is 6.04. The van der Waals surface area contributed by atoms with Gasteiger partial charge in [-0.25, -0.2) is 0 Å². The van der Waals surface area contributed by atoms with Gasteiger partial charge in [0.2, 0.25) is 5.95 Å². The van der Waals surface area contributed by atoms with Gasteiger partial charge in [0.15, 0.2) is 0 Å². The normalized spacial score (nSPS) is 23.4. The molecular weight excluding hydrogens is 426 g/mol. The summed E-state index contributed by atoms with van der Waals surface area (Å²) in [4.78, 5) is 24.1. The number of anilines is 1. The van der Waals surface area contributed by atoms with Gasteiger partial charge in [0.25, 0.3) is 5.56 Å².